The van der Waals surface area contributed by atoms with Gasteiger partial charge in [-0.1, -0.05) is 0 Å². The van der Waals surface area contributed by atoms with Crippen LogP contribution in [-0.2, 0) is 0 Å². The molecule has 3 rings (SSSR count). The van der Waals surface area contributed by atoms with Crippen molar-refractivity contribution in [2.75, 3.05) is 0 Å². The quantitative estimate of drug-likeness (QED) is 0.489. The summed E-state index contributed by atoms with van der Waals surface area (Å²) < 4.78 is 6.61. The van der Waals surface area contributed by atoms with Gasteiger partial charge in [-0.3, -0.25) is 0 Å². The molecule has 0 saturated heterocycles. The summed E-state index contributed by atoms with van der Waals surface area (Å²) in [4.78, 5) is 8.18. The van der Waals surface area contributed by atoms with Crippen LogP contribution in [0.25, 0.3) is 16.6 Å². The molecule has 0 amide bonds. The molecular formula is C7H4N4O. The first kappa shape index (κ1) is 5.70. The van der Waals surface area contributed by atoms with Gasteiger partial charge in [0.25, 0.3) is 0 Å². The van der Waals surface area contributed by atoms with Crippen LogP contribution in [0.5, 0.6) is 0 Å². The van der Waals surface area contributed by atoms with Gasteiger partial charge in [0.2, 0.25) is 0 Å². The normalized spacial score (nSPS) is 11.3. The fourth-order valence-electron chi connectivity index (χ4n) is 1.20. The predicted octanol–water partition coefficient (Wildman–Crippen LogP) is 0.870. The topological polar surface area (TPSA) is 56.2 Å². The van der Waals surface area contributed by atoms with Crippen LogP contribution in [0.4, 0.5) is 0 Å². The minimum absolute atomic E-state index is 0.772. The van der Waals surface area contributed by atoms with Gasteiger partial charge in [0.1, 0.15) is 30.7 Å². The van der Waals surface area contributed by atoms with Crippen molar-refractivity contribution in [3.63, 3.8) is 0 Å². The molecule has 0 unspecified atom stereocenters. The van der Waals surface area contributed by atoms with E-state index in [-0.39, 0.29) is 0 Å². The van der Waals surface area contributed by atoms with Gasteiger partial charge < -0.3 is 4.42 Å². The van der Waals surface area contributed by atoms with Crippen molar-refractivity contribution >= 4 is 16.6 Å². The summed E-state index contributed by atoms with van der Waals surface area (Å²) in [6.07, 6.45) is 6.31. The van der Waals surface area contributed by atoms with E-state index in [1.807, 2.05) is 0 Å². The second kappa shape index (κ2) is 1.82. The Kier molecular flexibility index (Phi) is 0.864. The van der Waals surface area contributed by atoms with Crippen molar-refractivity contribution in [1.29, 1.82) is 0 Å². The predicted molar refractivity (Wildman–Crippen MR) is 40.6 cm³/mol. The molecule has 0 bridgehead atoms. The lowest BCUT2D eigenvalue weighted by molar-refractivity contribution is 0.572. The molecule has 5 nitrogen and oxygen atoms in total. The van der Waals surface area contributed by atoms with Gasteiger partial charge in [0, 0.05) is 0 Å². The maximum absolute atomic E-state index is 5.00. The molecule has 0 fully saturated rings. The Bertz CT molecular complexity index is 489. The molecule has 12 heavy (non-hydrogen) atoms. The molecule has 5 heteroatoms. The zero-order valence-corrected chi connectivity index (χ0v) is 6.01. The molecule has 3 heterocycles. The summed E-state index contributed by atoms with van der Waals surface area (Å²) in [6, 6.07) is 0. The highest BCUT2D eigenvalue weighted by Crippen LogP contribution is 2.15. The first-order valence-corrected chi connectivity index (χ1v) is 3.45. The van der Waals surface area contributed by atoms with Crippen molar-refractivity contribution in [2.24, 2.45) is 0 Å². The highest BCUT2D eigenvalue weighted by atomic mass is 16.3. The molecule has 0 radical (unpaired) electrons. The Labute approximate surface area is 66.7 Å². The van der Waals surface area contributed by atoms with E-state index in [0.717, 1.165) is 16.6 Å². The number of hydrogen-bond donors (Lipinski definition) is 0. The van der Waals surface area contributed by atoms with Gasteiger partial charge in [0.15, 0.2) is 5.65 Å². The molecular weight excluding hydrogens is 156 g/mol. The number of fused-ring (bicyclic) bond motifs is 3. The van der Waals surface area contributed by atoms with Crippen LogP contribution in [0.1, 0.15) is 0 Å². The van der Waals surface area contributed by atoms with E-state index < -0.39 is 0 Å². The lowest BCUT2D eigenvalue weighted by Gasteiger charge is -1.89. The largest absolute Gasteiger partial charge is 0.469 e. The second-order valence-electron chi connectivity index (χ2n) is 2.44. The first-order valence-electron chi connectivity index (χ1n) is 3.45. The minimum atomic E-state index is 0.772. The van der Waals surface area contributed by atoms with Gasteiger partial charge >= 0.3 is 0 Å². The number of hydrogen-bond acceptors (Lipinski definition) is 4. The molecule has 0 aliphatic carbocycles. The number of aromatic nitrogens is 4. The van der Waals surface area contributed by atoms with E-state index in [0.29, 0.717) is 0 Å². The van der Waals surface area contributed by atoms with Crippen molar-refractivity contribution < 1.29 is 4.42 Å². The number of rotatable bonds is 0. The van der Waals surface area contributed by atoms with Gasteiger partial charge in [-0.25, -0.2) is 14.5 Å². The molecule has 58 valence electrons. The highest BCUT2D eigenvalue weighted by Gasteiger charge is 2.03. The van der Waals surface area contributed by atoms with E-state index in [1.165, 1.54) is 6.33 Å². The van der Waals surface area contributed by atoms with E-state index in [2.05, 4.69) is 15.1 Å². The third kappa shape index (κ3) is 0.554. The molecule has 0 aliphatic heterocycles. The summed E-state index contributed by atoms with van der Waals surface area (Å²) in [5, 5.41) is 4.83. The highest BCUT2D eigenvalue weighted by molar-refractivity contribution is 5.89. The fourth-order valence-corrected chi connectivity index (χ4v) is 1.20. The summed E-state index contributed by atoms with van der Waals surface area (Å²) in [7, 11) is 0. The van der Waals surface area contributed by atoms with E-state index in [1.54, 1.807) is 23.4 Å². The third-order valence-electron chi connectivity index (χ3n) is 1.76. The van der Waals surface area contributed by atoms with E-state index >= 15 is 0 Å². The Hall–Kier alpha value is -1.91. The third-order valence-corrected chi connectivity index (χ3v) is 1.76. The van der Waals surface area contributed by atoms with Gasteiger partial charge in [-0.05, 0) is 0 Å². The SMILES string of the molecule is c1nc2c3cocc3ncn2n1. The van der Waals surface area contributed by atoms with E-state index in [9.17, 15) is 0 Å². The first-order chi connectivity index (χ1) is 5.95. The Morgan fingerprint density at radius 3 is 3.25 bits per heavy atom. The second-order valence-corrected chi connectivity index (χ2v) is 2.44. The Morgan fingerprint density at radius 1 is 1.25 bits per heavy atom. The molecule has 0 aromatic carbocycles. The number of nitrogens with zero attached hydrogens (tertiary/aromatic N) is 4. The maximum Gasteiger partial charge on any atom is 0.169 e. The van der Waals surface area contributed by atoms with Gasteiger partial charge in [-0.15, -0.1) is 0 Å². The molecule has 3 aromatic heterocycles. The fraction of sp³-hybridized carbons (Fsp3) is 0. The smallest absolute Gasteiger partial charge is 0.169 e. The summed E-state index contributed by atoms with van der Waals surface area (Å²) >= 11 is 0. The molecule has 0 atom stereocenters. The van der Waals surface area contributed by atoms with Crippen molar-refractivity contribution in [3.8, 4) is 0 Å². The molecule has 0 saturated carbocycles. The standard InChI is InChI=1S/C7H4N4O/c1-5-6(2-12-1)9-4-11-7(5)8-3-10-11/h1-4H. The van der Waals surface area contributed by atoms with Crippen LogP contribution >= 0.6 is 0 Å². The molecule has 0 spiro atoms. The van der Waals surface area contributed by atoms with Crippen LogP contribution in [0.2, 0.25) is 0 Å². The number of furan rings is 1. The van der Waals surface area contributed by atoms with Crippen LogP contribution in [0.3, 0.4) is 0 Å². The molecule has 0 aliphatic rings. The summed E-state index contributed by atoms with van der Waals surface area (Å²) in [5.41, 5.74) is 1.57. The average molecular weight is 160 g/mol. The monoisotopic (exact) mass is 160 g/mol. The van der Waals surface area contributed by atoms with Crippen molar-refractivity contribution in [2.45, 2.75) is 0 Å². The lowest BCUT2D eigenvalue weighted by Crippen LogP contribution is -1.88. The summed E-state index contributed by atoms with van der Waals surface area (Å²) in [6.45, 7) is 0. The van der Waals surface area contributed by atoms with E-state index in [4.69, 9.17) is 4.42 Å². The lowest BCUT2D eigenvalue weighted by atomic mass is 10.4. The summed E-state index contributed by atoms with van der Waals surface area (Å²) in [5.74, 6) is 0. The minimum Gasteiger partial charge on any atom is -0.469 e. The molecule has 3 aromatic rings. The van der Waals surface area contributed by atoms with Crippen LogP contribution < -0.4 is 0 Å². The van der Waals surface area contributed by atoms with Crippen LogP contribution in [0.15, 0.2) is 29.6 Å². The van der Waals surface area contributed by atoms with Gasteiger partial charge in [-0.2, -0.15) is 5.10 Å². The Balaban J connectivity index is 2.71. The van der Waals surface area contributed by atoms with Crippen LogP contribution in [-0.4, -0.2) is 19.6 Å². The Morgan fingerprint density at radius 2 is 2.25 bits per heavy atom. The van der Waals surface area contributed by atoms with Crippen LogP contribution in [0, 0.1) is 0 Å². The zero-order chi connectivity index (χ0) is 7.97. The molecule has 0 N–H and O–H groups in total. The van der Waals surface area contributed by atoms with Crippen molar-refractivity contribution in [1.82, 2.24) is 19.6 Å². The van der Waals surface area contributed by atoms with Gasteiger partial charge in [0.05, 0.1) is 5.39 Å². The maximum atomic E-state index is 5.00. The average Bonchev–Trinajstić information content (AvgIpc) is 2.71. The zero-order valence-electron chi connectivity index (χ0n) is 6.01. The van der Waals surface area contributed by atoms with Crippen molar-refractivity contribution in [3.05, 3.63) is 25.2 Å².